The van der Waals surface area contributed by atoms with Crippen molar-refractivity contribution in [1.82, 2.24) is 0 Å². The lowest BCUT2D eigenvalue weighted by Gasteiger charge is -2.11. The van der Waals surface area contributed by atoms with Crippen LogP contribution >= 0.6 is 0 Å². The number of hydrogen-bond donors (Lipinski definition) is 1. The fourth-order valence-electron chi connectivity index (χ4n) is 1.33. The molecule has 0 aromatic heterocycles. The molecular weight excluding hydrogens is 192 g/mol. The molecule has 0 unspecified atom stereocenters. The second kappa shape index (κ2) is 6.09. The highest BCUT2D eigenvalue weighted by Crippen LogP contribution is 2.31. The first kappa shape index (κ1) is 11.6. The Hall–Kier alpha value is -1.48. The summed E-state index contributed by atoms with van der Waals surface area (Å²) in [4.78, 5) is 0. The zero-order valence-corrected chi connectivity index (χ0v) is 9.06. The molecule has 0 bridgehead atoms. The number of aliphatic hydroxyl groups excluding tert-OH is 1. The van der Waals surface area contributed by atoms with Gasteiger partial charge in [-0.2, -0.15) is 0 Å². The molecule has 1 aromatic carbocycles. The Kier molecular flexibility index (Phi) is 4.71. The van der Waals surface area contributed by atoms with E-state index in [0.29, 0.717) is 12.4 Å². The molecule has 0 saturated carbocycles. The van der Waals surface area contributed by atoms with Crippen LogP contribution in [0, 0.1) is 0 Å². The highest BCUT2D eigenvalue weighted by Gasteiger charge is 2.06. The smallest absolute Gasteiger partial charge is 0.167 e. The number of aliphatic hydroxyl groups is 1. The van der Waals surface area contributed by atoms with Crippen LogP contribution in [0.5, 0.6) is 11.5 Å². The molecule has 0 aliphatic rings. The molecule has 3 nitrogen and oxygen atoms in total. The lowest BCUT2D eigenvalue weighted by atomic mass is 10.1. The Labute approximate surface area is 90.0 Å². The van der Waals surface area contributed by atoms with Crippen LogP contribution in [0.3, 0.4) is 0 Å². The number of hydrogen-bond acceptors (Lipinski definition) is 3. The zero-order chi connectivity index (χ0) is 11.1. The van der Waals surface area contributed by atoms with Crippen LogP contribution in [0.25, 0.3) is 6.08 Å². The average molecular weight is 208 g/mol. The number of methoxy groups -OCH3 is 1. The third kappa shape index (κ3) is 2.99. The number of benzene rings is 1. The van der Waals surface area contributed by atoms with E-state index < -0.39 is 0 Å². The monoisotopic (exact) mass is 208 g/mol. The van der Waals surface area contributed by atoms with Crippen LogP contribution in [0.1, 0.15) is 12.5 Å². The zero-order valence-electron chi connectivity index (χ0n) is 9.06. The molecule has 1 aromatic rings. The van der Waals surface area contributed by atoms with Crippen molar-refractivity contribution in [3.63, 3.8) is 0 Å². The Morgan fingerprint density at radius 3 is 2.80 bits per heavy atom. The summed E-state index contributed by atoms with van der Waals surface area (Å²) in [5.41, 5.74) is 0.900. The number of ether oxygens (including phenoxy) is 2. The first-order chi connectivity index (χ1) is 7.33. The maximum atomic E-state index is 8.70. The van der Waals surface area contributed by atoms with E-state index in [4.69, 9.17) is 14.6 Å². The van der Waals surface area contributed by atoms with Crippen LogP contribution in [0.2, 0.25) is 0 Å². The van der Waals surface area contributed by atoms with E-state index in [-0.39, 0.29) is 6.61 Å². The Morgan fingerprint density at radius 1 is 1.40 bits per heavy atom. The van der Waals surface area contributed by atoms with Gasteiger partial charge in [0.1, 0.15) is 0 Å². The van der Waals surface area contributed by atoms with E-state index in [9.17, 15) is 0 Å². The molecule has 0 radical (unpaired) electrons. The maximum absolute atomic E-state index is 8.70. The molecule has 0 saturated heterocycles. The van der Waals surface area contributed by atoms with Gasteiger partial charge in [-0.1, -0.05) is 24.3 Å². The number of rotatable bonds is 5. The molecule has 1 N–H and O–H groups in total. The van der Waals surface area contributed by atoms with Gasteiger partial charge in [-0.3, -0.25) is 0 Å². The van der Waals surface area contributed by atoms with Gasteiger partial charge in [0.25, 0.3) is 0 Å². The average Bonchev–Trinajstić information content (AvgIpc) is 2.27. The predicted molar refractivity (Wildman–Crippen MR) is 60.3 cm³/mol. The highest BCUT2D eigenvalue weighted by molar-refractivity contribution is 5.62. The summed E-state index contributed by atoms with van der Waals surface area (Å²) in [6, 6.07) is 5.66. The van der Waals surface area contributed by atoms with E-state index in [1.807, 2.05) is 25.1 Å². The second-order valence-electron chi connectivity index (χ2n) is 2.90. The molecule has 0 spiro atoms. The summed E-state index contributed by atoms with van der Waals surface area (Å²) in [6.07, 6.45) is 3.47. The van der Waals surface area contributed by atoms with Gasteiger partial charge < -0.3 is 14.6 Å². The largest absolute Gasteiger partial charge is 0.492 e. The molecular formula is C12H16O3. The summed E-state index contributed by atoms with van der Waals surface area (Å²) < 4.78 is 10.7. The van der Waals surface area contributed by atoms with Crippen LogP contribution in [0.4, 0.5) is 0 Å². The highest BCUT2D eigenvalue weighted by atomic mass is 16.5. The van der Waals surface area contributed by atoms with Crippen LogP contribution in [-0.2, 0) is 0 Å². The summed E-state index contributed by atoms with van der Waals surface area (Å²) in [5.74, 6) is 1.42. The molecule has 0 aliphatic carbocycles. The van der Waals surface area contributed by atoms with Crippen molar-refractivity contribution in [3.8, 4) is 11.5 Å². The van der Waals surface area contributed by atoms with Crippen molar-refractivity contribution in [1.29, 1.82) is 0 Å². The standard InChI is InChI=1S/C12H16O3/c1-3-15-11-8-4-6-10(7-5-9-13)12(11)14-2/h4-8,13H,3,9H2,1-2H3/b7-5+. The lowest BCUT2D eigenvalue weighted by Crippen LogP contribution is -1.96. The van der Waals surface area contributed by atoms with Crippen molar-refractivity contribution in [3.05, 3.63) is 29.8 Å². The van der Waals surface area contributed by atoms with E-state index >= 15 is 0 Å². The summed E-state index contributed by atoms with van der Waals surface area (Å²) in [6.45, 7) is 2.54. The van der Waals surface area contributed by atoms with E-state index in [1.54, 1.807) is 19.3 Å². The molecule has 15 heavy (non-hydrogen) atoms. The minimum Gasteiger partial charge on any atom is -0.492 e. The third-order valence-electron chi connectivity index (χ3n) is 1.92. The van der Waals surface area contributed by atoms with Gasteiger partial charge in [-0.05, 0) is 13.0 Å². The summed E-state index contributed by atoms with van der Waals surface area (Å²) >= 11 is 0. The quantitative estimate of drug-likeness (QED) is 0.805. The first-order valence-corrected chi connectivity index (χ1v) is 4.90. The predicted octanol–water partition coefficient (Wildman–Crippen LogP) is 2.10. The molecule has 0 fully saturated rings. The van der Waals surface area contributed by atoms with Gasteiger partial charge >= 0.3 is 0 Å². The summed E-state index contributed by atoms with van der Waals surface area (Å²) in [5, 5.41) is 8.70. The normalized spacial score (nSPS) is 10.6. The summed E-state index contributed by atoms with van der Waals surface area (Å²) in [7, 11) is 1.61. The van der Waals surface area contributed by atoms with Gasteiger partial charge in [-0.25, -0.2) is 0 Å². The van der Waals surface area contributed by atoms with Gasteiger partial charge in [0.2, 0.25) is 0 Å². The van der Waals surface area contributed by atoms with Crippen LogP contribution in [0.15, 0.2) is 24.3 Å². The second-order valence-corrected chi connectivity index (χ2v) is 2.90. The molecule has 0 aliphatic heterocycles. The van der Waals surface area contributed by atoms with Crippen LogP contribution < -0.4 is 9.47 Å². The number of para-hydroxylation sites is 1. The third-order valence-corrected chi connectivity index (χ3v) is 1.92. The van der Waals surface area contributed by atoms with E-state index in [2.05, 4.69) is 0 Å². The van der Waals surface area contributed by atoms with E-state index in [0.717, 1.165) is 11.3 Å². The fourth-order valence-corrected chi connectivity index (χ4v) is 1.33. The lowest BCUT2D eigenvalue weighted by molar-refractivity contribution is 0.310. The molecule has 82 valence electrons. The minimum atomic E-state index is 0.0159. The Bertz CT molecular complexity index is 332. The van der Waals surface area contributed by atoms with Crippen molar-refractivity contribution in [2.75, 3.05) is 20.3 Å². The molecule has 3 heteroatoms. The molecule has 1 rings (SSSR count). The fraction of sp³-hybridized carbons (Fsp3) is 0.333. The molecule has 0 heterocycles. The van der Waals surface area contributed by atoms with Crippen molar-refractivity contribution < 1.29 is 14.6 Å². The van der Waals surface area contributed by atoms with Crippen molar-refractivity contribution >= 4 is 6.08 Å². The van der Waals surface area contributed by atoms with Crippen molar-refractivity contribution in [2.45, 2.75) is 6.92 Å². The topological polar surface area (TPSA) is 38.7 Å². The van der Waals surface area contributed by atoms with Gasteiger partial charge in [0.15, 0.2) is 11.5 Å². The van der Waals surface area contributed by atoms with Gasteiger partial charge in [-0.15, -0.1) is 0 Å². The van der Waals surface area contributed by atoms with Gasteiger partial charge in [0.05, 0.1) is 20.3 Å². The molecule has 0 amide bonds. The molecule has 0 atom stereocenters. The van der Waals surface area contributed by atoms with Gasteiger partial charge in [0, 0.05) is 5.56 Å². The maximum Gasteiger partial charge on any atom is 0.167 e. The Balaban J connectivity index is 3.04. The van der Waals surface area contributed by atoms with E-state index in [1.165, 1.54) is 0 Å². The SMILES string of the molecule is CCOc1cccc(/C=C/CO)c1OC. The Morgan fingerprint density at radius 2 is 2.20 bits per heavy atom. The first-order valence-electron chi connectivity index (χ1n) is 4.90. The van der Waals surface area contributed by atoms with Crippen molar-refractivity contribution in [2.24, 2.45) is 0 Å². The minimum absolute atomic E-state index is 0.0159. The van der Waals surface area contributed by atoms with Crippen LogP contribution in [-0.4, -0.2) is 25.4 Å².